The van der Waals surface area contributed by atoms with Gasteiger partial charge in [-0.3, -0.25) is 9.78 Å². The number of nitrogens with one attached hydrogen (secondary N) is 2. The summed E-state index contributed by atoms with van der Waals surface area (Å²) in [5, 5.41) is 16.8. The molecule has 1 fully saturated rings. The monoisotopic (exact) mass is 339 g/mol. The van der Waals surface area contributed by atoms with Crippen LogP contribution in [0.5, 0.6) is 0 Å². The lowest BCUT2D eigenvalue weighted by atomic mass is 10.0. The van der Waals surface area contributed by atoms with Crippen molar-refractivity contribution < 1.29 is 4.74 Å². The van der Waals surface area contributed by atoms with Crippen LogP contribution in [0.3, 0.4) is 0 Å². The third kappa shape index (κ3) is 3.32. The highest BCUT2D eigenvalue weighted by Crippen LogP contribution is 2.29. The Balaban J connectivity index is 1.37. The van der Waals surface area contributed by atoms with Crippen molar-refractivity contribution in [2.45, 2.75) is 44.4 Å². The summed E-state index contributed by atoms with van der Waals surface area (Å²) < 4.78 is 7.87. The van der Waals surface area contributed by atoms with Crippen LogP contribution in [-0.2, 0) is 18.2 Å². The van der Waals surface area contributed by atoms with Crippen LogP contribution in [0.25, 0.3) is 10.9 Å². The predicted octanol–water partition coefficient (Wildman–Crippen LogP) is 2.74. The molecule has 3 atom stereocenters. The number of benzene rings is 1. The van der Waals surface area contributed by atoms with Gasteiger partial charge in [0, 0.05) is 43.0 Å². The quantitative estimate of drug-likeness (QED) is 0.725. The van der Waals surface area contributed by atoms with Gasteiger partial charge in [-0.2, -0.15) is 10.2 Å². The second-order valence-corrected chi connectivity index (χ2v) is 6.89. The number of aromatic nitrogens is 4. The van der Waals surface area contributed by atoms with E-state index in [1.54, 1.807) is 0 Å². The van der Waals surface area contributed by atoms with E-state index in [0.29, 0.717) is 12.1 Å². The summed E-state index contributed by atoms with van der Waals surface area (Å²) in [6.45, 7) is 3.04. The SMILES string of the molecule is CC(CCc1[nH]nc2ccccc12)N[C@H]1CCO[C@@H]1c1ccnn1C. The average Bonchev–Trinajstić information content (AvgIpc) is 3.33. The van der Waals surface area contributed by atoms with Crippen molar-refractivity contribution in [3.63, 3.8) is 0 Å². The molecule has 2 N–H and O–H groups in total. The van der Waals surface area contributed by atoms with Gasteiger partial charge in [0.15, 0.2) is 0 Å². The lowest BCUT2D eigenvalue weighted by Gasteiger charge is -2.24. The van der Waals surface area contributed by atoms with Gasteiger partial charge < -0.3 is 10.1 Å². The molecule has 0 radical (unpaired) electrons. The molecule has 0 amide bonds. The largest absolute Gasteiger partial charge is 0.370 e. The second kappa shape index (κ2) is 6.98. The summed E-state index contributed by atoms with van der Waals surface area (Å²) in [4.78, 5) is 0. The normalized spacial score (nSPS) is 21.8. The molecule has 6 heteroatoms. The Labute approximate surface area is 147 Å². The van der Waals surface area contributed by atoms with E-state index in [4.69, 9.17) is 4.74 Å². The van der Waals surface area contributed by atoms with Gasteiger partial charge in [0.2, 0.25) is 0 Å². The van der Waals surface area contributed by atoms with Crippen molar-refractivity contribution >= 4 is 10.9 Å². The number of aromatic amines is 1. The van der Waals surface area contributed by atoms with Crippen molar-refractivity contribution in [3.8, 4) is 0 Å². The Bertz CT molecular complexity index is 839. The van der Waals surface area contributed by atoms with Gasteiger partial charge in [-0.15, -0.1) is 0 Å². The van der Waals surface area contributed by atoms with Crippen LogP contribution < -0.4 is 5.32 Å². The highest BCUT2D eigenvalue weighted by molar-refractivity contribution is 5.81. The third-order valence-corrected chi connectivity index (χ3v) is 5.11. The summed E-state index contributed by atoms with van der Waals surface area (Å²) in [7, 11) is 1.97. The number of para-hydroxylation sites is 1. The highest BCUT2D eigenvalue weighted by atomic mass is 16.5. The number of H-pyrrole nitrogens is 1. The lowest BCUT2D eigenvalue weighted by Crippen LogP contribution is -2.39. The standard InChI is InChI=1S/C19H25N5O/c1-13(7-8-16-14-5-3-4-6-15(14)22-23-16)21-17-10-12-25-19(17)18-9-11-20-24(18)2/h3-6,9,11,13,17,19,21H,7-8,10,12H2,1-2H3,(H,22,23)/t13?,17-,19-/m0/s1. The van der Waals surface area contributed by atoms with Crippen molar-refractivity contribution in [3.05, 3.63) is 47.9 Å². The van der Waals surface area contributed by atoms with Crippen molar-refractivity contribution in [1.29, 1.82) is 0 Å². The molecule has 3 heterocycles. The molecule has 3 aromatic rings. The molecule has 2 aromatic heterocycles. The number of ether oxygens (including phenoxy) is 1. The average molecular weight is 339 g/mol. The number of hydrogen-bond acceptors (Lipinski definition) is 4. The van der Waals surface area contributed by atoms with Gasteiger partial charge in [0.05, 0.1) is 11.2 Å². The molecule has 25 heavy (non-hydrogen) atoms. The van der Waals surface area contributed by atoms with Crippen LogP contribution in [0.15, 0.2) is 36.5 Å². The van der Waals surface area contributed by atoms with E-state index in [1.165, 1.54) is 11.1 Å². The minimum Gasteiger partial charge on any atom is -0.370 e. The Hall–Kier alpha value is -2.18. The molecular formula is C19H25N5O. The maximum Gasteiger partial charge on any atom is 0.114 e. The molecule has 4 rings (SSSR count). The lowest BCUT2D eigenvalue weighted by molar-refractivity contribution is 0.0900. The summed E-state index contributed by atoms with van der Waals surface area (Å²) in [5.74, 6) is 0. The molecule has 0 spiro atoms. The number of rotatable bonds is 6. The van der Waals surface area contributed by atoms with Crippen LogP contribution in [0.2, 0.25) is 0 Å². The summed E-state index contributed by atoms with van der Waals surface area (Å²) in [6, 6.07) is 11.1. The van der Waals surface area contributed by atoms with Gasteiger partial charge in [0.1, 0.15) is 6.10 Å². The van der Waals surface area contributed by atoms with Gasteiger partial charge in [-0.05, 0) is 38.3 Å². The maximum absolute atomic E-state index is 5.96. The van der Waals surface area contributed by atoms with E-state index in [9.17, 15) is 0 Å². The molecule has 0 bridgehead atoms. The number of aryl methyl sites for hydroxylation is 2. The second-order valence-electron chi connectivity index (χ2n) is 6.89. The van der Waals surface area contributed by atoms with Gasteiger partial charge in [-0.1, -0.05) is 18.2 Å². The van der Waals surface area contributed by atoms with E-state index in [2.05, 4.69) is 39.7 Å². The van der Waals surface area contributed by atoms with E-state index in [1.807, 2.05) is 36.1 Å². The minimum atomic E-state index is 0.0861. The molecule has 0 aliphatic carbocycles. The Morgan fingerprint density at radius 1 is 1.36 bits per heavy atom. The fraction of sp³-hybridized carbons (Fsp3) is 0.474. The Morgan fingerprint density at radius 2 is 2.24 bits per heavy atom. The van der Waals surface area contributed by atoms with E-state index < -0.39 is 0 Å². The maximum atomic E-state index is 5.96. The number of nitrogens with zero attached hydrogens (tertiary/aromatic N) is 3. The molecule has 6 nitrogen and oxygen atoms in total. The van der Waals surface area contributed by atoms with Crippen LogP contribution in [0, 0.1) is 0 Å². The predicted molar refractivity (Wildman–Crippen MR) is 97.3 cm³/mol. The zero-order valence-corrected chi connectivity index (χ0v) is 14.8. The van der Waals surface area contributed by atoms with Crippen molar-refractivity contribution in [1.82, 2.24) is 25.3 Å². The van der Waals surface area contributed by atoms with Crippen molar-refractivity contribution in [2.75, 3.05) is 6.61 Å². The molecule has 1 aromatic carbocycles. The molecule has 1 saturated heterocycles. The molecular weight excluding hydrogens is 314 g/mol. The first-order chi connectivity index (χ1) is 12.2. The molecule has 0 saturated carbocycles. The fourth-order valence-electron chi connectivity index (χ4n) is 3.73. The smallest absolute Gasteiger partial charge is 0.114 e. The molecule has 1 aliphatic heterocycles. The summed E-state index contributed by atoms with van der Waals surface area (Å²) in [6.07, 6.45) is 5.00. The van der Waals surface area contributed by atoms with E-state index >= 15 is 0 Å². The molecule has 1 unspecified atom stereocenters. The Morgan fingerprint density at radius 3 is 3.08 bits per heavy atom. The first-order valence-electron chi connectivity index (χ1n) is 9.00. The van der Waals surface area contributed by atoms with E-state index in [-0.39, 0.29) is 6.10 Å². The van der Waals surface area contributed by atoms with Gasteiger partial charge in [-0.25, -0.2) is 0 Å². The highest BCUT2D eigenvalue weighted by Gasteiger charge is 2.32. The Kier molecular flexibility index (Phi) is 4.55. The third-order valence-electron chi connectivity index (χ3n) is 5.11. The van der Waals surface area contributed by atoms with Gasteiger partial charge >= 0.3 is 0 Å². The first-order valence-corrected chi connectivity index (χ1v) is 9.00. The fourth-order valence-corrected chi connectivity index (χ4v) is 3.73. The first kappa shape index (κ1) is 16.3. The van der Waals surface area contributed by atoms with Crippen LogP contribution in [0.4, 0.5) is 0 Å². The van der Waals surface area contributed by atoms with Crippen molar-refractivity contribution in [2.24, 2.45) is 7.05 Å². The van der Waals surface area contributed by atoms with E-state index in [0.717, 1.165) is 37.1 Å². The zero-order chi connectivity index (χ0) is 17.2. The molecule has 132 valence electrons. The molecule has 1 aliphatic rings. The van der Waals surface area contributed by atoms with Crippen LogP contribution in [-0.4, -0.2) is 38.7 Å². The summed E-state index contributed by atoms with van der Waals surface area (Å²) in [5.41, 5.74) is 3.40. The summed E-state index contributed by atoms with van der Waals surface area (Å²) >= 11 is 0. The van der Waals surface area contributed by atoms with Crippen LogP contribution >= 0.6 is 0 Å². The minimum absolute atomic E-state index is 0.0861. The van der Waals surface area contributed by atoms with Gasteiger partial charge in [0.25, 0.3) is 0 Å². The number of fused-ring (bicyclic) bond motifs is 1. The topological polar surface area (TPSA) is 67.8 Å². The number of hydrogen-bond donors (Lipinski definition) is 2. The van der Waals surface area contributed by atoms with Crippen LogP contribution in [0.1, 0.15) is 37.3 Å². The zero-order valence-electron chi connectivity index (χ0n) is 14.8.